The van der Waals surface area contributed by atoms with Gasteiger partial charge in [0.1, 0.15) is 11.5 Å². The summed E-state index contributed by atoms with van der Waals surface area (Å²) in [5, 5.41) is 0. The molecule has 0 unspecified atom stereocenters. The number of hydrogen-bond acceptors (Lipinski definition) is 6. The molecule has 0 saturated carbocycles. The van der Waals surface area contributed by atoms with Crippen LogP contribution in [0.1, 0.15) is 0 Å². The van der Waals surface area contributed by atoms with Gasteiger partial charge < -0.3 is 13.8 Å². The summed E-state index contributed by atoms with van der Waals surface area (Å²) in [5.74, 6) is 1.19. The van der Waals surface area contributed by atoms with Gasteiger partial charge in [0, 0.05) is 44.5 Å². The van der Waals surface area contributed by atoms with Crippen LogP contribution in [0.25, 0.3) is 0 Å². The Morgan fingerprint density at radius 2 is 1.62 bits per heavy atom. The zero-order chi connectivity index (χ0) is 18.4. The zero-order valence-corrected chi connectivity index (χ0v) is 15.7. The minimum Gasteiger partial charge on any atom is -0.497 e. The molecule has 0 spiro atoms. The van der Waals surface area contributed by atoms with Crippen molar-refractivity contribution in [2.24, 2.45) is 0 Å². The van der Waals surface area contributed by atoms with E-state index in [1.54, 1.807) is 31.4 Å². The summed E-state index contributed by atoms with van der Waals surface area (Å²) < 4.78 is 34.7. The van der Waals surface area contributed by atoms with E-state index >= 15 is 0 Å². The van der Waals surface area contributed by atoms with Gasteiger partial charge in [-0.25, -0.2) is 0 Å². The van der Waals surface area contributed by atoms with Crippen LogP contribution in [0.2, 0.25) is 0 Å². The summed E-state index contributed by atoms with van der Waals surface area (Å²) in [5.41, 5.74) is 1.13. The molecule has 1 saturated heterocycles. The monoisotopic (exact) mass is 376 g/mol. The maximum atomic E-state index is 12.1. The standard InChI is InChI=1S/C19H24N2O4S/c1-24-19-9-5-6-17(16-19)21-12-10-20(11-13-21)14-15-26(22,23)25-18-7-3-2-4-8-18/h2-9,16H,10-15H2,1H3. The topological polar surface area (TPSA) is 59.1 Å². The van der Waals surface area contributed by atoms with Gasteiger partial charge in [-0.2, -0.15) is 8.42 Å². The first-order chi connectivity index (χ1) is 12.6. The predicted octanol–water partition coefficient (Wildman–Crippen LogP) is 2.23. The van der Waals surface area contributed by atoms with Gasteiger partial charge in [0.15, 0.2) is 0 Å². The number of para-hydroxylation sites is 1. The van der Waals surface area contributed by atoms with Crippen molar-refractivity contribution >= 4 is 15.8 Å². The Kier molecular flexibility index (Phi) is 6.00. The number of rotatable bonds is 7. The molecule has 1 heterocycles. The quantitative estimate of drug-likeness (QED) is 0.691. The molecule has 0 aromatic heterocycles. The van der Waals surface area contributed by atoms with E-state index in [1.807, 2.05) is 24.3 Å². The predicted molar refractivity (Wildman–Crippen MR) is 103 cm³/mol. The molecule has 0 atom stereocenters. The fourth-order valence-electron chi connectivity index (χ4n) is 2.94. The first-order valence-electron chi connectivity index (χ1n) is 8.64. The lowest BCUT2D eigenvalue weighted by Crippen LogP contribution is -2.47. The minimum atomic E-state index is -3.58. The second-order valence-electron chi connectivity index (χ2n) is 6.19. The maximum Gasteiger partial charge on any atom is 0.310 e. The molecule has 0 bridgehead atoms. The number of hydrogen-bond donors (Lipinski definition) is 0. The molecule has 3 rings (SSSR count). The Hall–Kier alpha value is -2.25. The maximum absolute atomic E-state index is 12.1. The van der Waals surface area contributed by atoms with Crippen LogP contribution >= 0.6 is 0 Å². The van der Waals surface area contributed by atoms with Crippen molar-refractivity contribution in [2.75, 3.05) is 50.5 Å². The molecule has 1 fully saturated rings. The van der Waals surface area contributed by atoms with Gasteiger partial charge in [-0.1, -0.05) is 24.3 Å². The molecule has 0 radical (unpaired) electrons. The Morgan fingerprint density at radius 1 is 0.923 bits per heavy atom. The van der Waals surface area contributed by atoms with Gasteiger partial charge in [0.05, 0.1) is 12.9 Å². The summed E-state index contributed by atoms with van der Waals surface area (Å²) in [6, 6.07) is 16.6. The van der Waals surface area contributed by atoms with E-state index in [4.69, 9.17) is 8.92 Å². The Bertz CT molecular complexity index is 803. The molecule has 0 aliphatic carbocycles. The molecule has 0 amide bonds. The number of ether oxygens (including phenoxy) is 1. The van der Waals surface area contributed by atoms with Gasteiger partial charge in [-0.3, -0.25) is 4.90 Å². The van der Waals surface area contributed by atoms with E-state index in [9.17, 15) is 8.42 Å². The van der Waals surface area contributed by atoms with Crippen molar-refractivity contribution in [3.63, 3.8) is 0 Å². The van der Waals surface area contributed by atoms with Gasteiger partial charge in [-0.15, -0.1) is 0 Å². The molecule has 6 nitrogen and oxygen atoms in total. The third kappa shape index (κ3) is 5.12. The third-order valence-corrected chi connectivity index (χ3v) is 5.54. The van der Waals surface area contributed by atoms with Gasteiger partial charge >= 0.3 is 10.1 Å². The lowest BCUT2D eigenvalue weighted by molar-refractivity contribution is 0.270. The van der Waals surface area contributed by atoms with Crippen LogP contribution < -0.4 is 13.8 Å². The molecule has 7 heteroatoms. The first-order valence-corrected chi connectivity index (χ1v) is 10.2. The van der Waals surface area contributed by atoms with Crippen LogP contribution in [-0.4, -0.2) is 58.9 Å². The second-order valence-corrected chi connectivity index (χ2v) is 7.88. The van der Waals surface area contributed by atoms with Crippen LogP contribution in [0, 0.1) is 0 Å². The summed E-state index contributed by atoms with van der Waals surface area (Å²) in [6.45, 7) is 3.82. The van der Waals surface area contributed by atoms with Crippen LogP contribution in [0.4, 0.5) is 5.69 Å². The van der Waals surface area contributed by atoms with Crippen molar-refractivity contribution in [3.05, 3.63) is 54.6 Å². The van der Waals surface area contributed by atoms with Crippen molar-refractivity contribution in [2.45, 2.75) is 0 Å². The highest BCUT2D eigenvalue weighted by Crippen LogP contribution is 2.22. The van der Waals surface area contributed by atoms with E-state index in [0.29, 0.717) is 12.3 Å². The molecule has 1 aliphatic heterocycles. The number of piperazine rings is 1. The molecule has 26 heavy (non-hydrogen) atoms. The number of benzene rings is 2. The lowest BCUT2D eigenvalue weighted by Gasteiger charge is -2.36. The summed E-state index contributed by atoms with van der Waals surface area (Å²) in [4.78, 5) is 4.44. The van der Waals surface area contributed by atoms with Crippen molar-refractivity contribution in [1.29, 1.82) is 0 Å². The summed E-state index contributed by atoms with van der Waals surface area (Å²) >= 11 is 0. The van der Waals surface area contributed by atoms with Gasteiger partial charge in [0.2, 0.25) is 0 Å². The summed E-state index contributed by atoms with van der Waals surface area (Å²) in [7, 11) is -1.92. The van der Waals surface area contributed by atoms with Crippen LogP contribution in [0.15, 0.2) is 54.6 Å². The highest BCUT2D eigenvalue weighted by atomic mass is 32.2. The summed E-state index contributed by atoms with van der Waals surface area (Å²) in [6.07, 6.45) is 0. The van der Waals surface area contributed by atoms with Crippen LogP contribution in [0.3, 0.4) is 0 Å². The molecule has 2 aromatic rings. The third-order valence-electron chi connectivity index (χ3n) is 4.41. The first kappa shape index (κ1) is 18.5. The smallest absolute Gasteiger partial charge is 0.310 e. The van der Waals surface area contributed by atoms with Gasteiger partial charge in [-0.05, 0) is 24.3 Å². The van der Waals surface area contributed by atoms with E-state index < -0.39 is 10.1 Å². The molecule has 2 aromatic carbocycles. The number of methoxy groups -OCH3 is 1. The van der Waals surface area contributed by atoms with Crippen molar-refractivity contribution < 1.29 is 17.3 Å². The Balaban J connectivity index is 1.48. The number of anilines is 1. The average Bonchev–Trinajstić information content (AvgIpc) is 2.67. The molecular weight excluding hydrogens is 352 g/mol. The largest absolute Gasteiger partial charge is 0.497 e. The second kappa shape index (κ2) is 8.42. The normalized spacial score (nSPS) is 15.7. The average molecular weight is 376 g/mol. The number of nitrogens with zero attached hydrogens (tertiary/aromatic N) is 2. The van der Waals surface area contributed by atoms with E-state index in [1.165, 1.54) is 0 Å². The fraction of sp³-hybridized carbons (Fsp3) is 0.368. The van der Waals surface area contributed by atoms with E-state index in [0.717, 1.165) is 37.6 Å². The van der Waals surface area contributed by atoms with E-state index in [2.05, 4.69) is 15.9 Å². The highest BCUT2D eigenvalue weighted by molar-refractivity contribution is 7.87. The Morgan fingerprint density at radius 3 is 2.31 bits per heavy atom. The SMILES string of the molecule is COc1cccc(N2CCN(CCS(=O)(=O)Oc3ccccc3)CC2)c1. The lowest BCUT2D eigenvalue weighted by atomic mass is 10.2. The van der Waals surface area contributed by atoms with Crippen LogP contribution in [0.5, 0.6) is 11.5 Å². The van der Waals surface area contributed by atoms with Crippen molar-refractivity contribution in [3.8, 4) is 11.5 Å². The van der Waals surface area contributed by atoms with Crippen LogP contribution in [-0.2, 0) is 10.1 Å². The highest BCUT2D eigenvalue weighted by Gasteiger charge is 2.20. The zero-order valence-electron chi connectivity index (χ0n) is 14.9. The van der Waals surface area contributed by atoms with Gasteiger partial charge in [0.25, 0.3) is 0 Å². The van der Waals surface area contributed by atoms with E-state index in [-0.39, 0.29) is 5.75 Å². The molecule has 140 valence electrons. The minimum absolute atomic E-state index is 0.0128. The molecular formula is C19H24N2O4S. The van der Waals surface area contributed by atoms with Crippen molar-refractivity contribution in [1.82, 2.24) is 4.90 Å². The molecule has 0 N–H and O–H groups in total. The Labute approximate surface area is 155 Å². The fourth-order valence-corrected chi connectivity index (χ4v) is 3.91. The molecule has 1 aliphatic rings.